The van der Waals surface area contributed by atoms with Crippen molar-refractivity contribution in [3.63, 3.8) is 0 Å². The largest absolute Gasteiger partial charge is 0.379 e. The lowest BCUT2D eigenvalue weighted by molar-refractivity contribution is -0.126. The molecule has 0 saturated carbocycles. The molecule has 152 valence electrons. The van der Waals surface area contributed by atoms with Crippen molar-refractivity contribution in [2.24, 2.45) is 5.92 Å². The van der Waals surface area contributed by atoms with Gasteiger partial charge in [0.15, 0.2) is 0 Å². The molecule has 1 fully saturated rings. The zero-order valence-electron chi connectivity index (χ0n) is 16.0. The van der Waals surface area contributed by atoms with E-state index in [-0.39, 0.29) is 23.7 Å². The molecule has 1 amide bonds. The van der Waals surface area contributed by atoms with Gasteiger partial charge in [0.25, 0.3) is 0 Å². The maximum Gasteiger partial charge on any atom is 0.223 e. The molecule has 1 aliphatic heterocycles. The standard InChI is InChI=1S/C19H29FN2O4S/c1-15(2)26-13-3-10-21-19(23)17-8-11-22(12-9-17)27(24,25)14-16-4-6-18(20)7-5-16/h4-7,15,17H,3,8-14H2,1-2H3,(H,21,23). The minimum atomic E-state index is -3.47. The molecule has 0 bridgehead atoms. The van der Waals surface area contributed by atoms with E-state index in [1.165, 1.54) is 28.6 Å². The molecule has 0 atom stereocenters. The van der Waals surface area contributed by atoms with Crippen molar-refractivity contribution in [3.05, 3.63) is 35.6 Å². The Kier molecular flexibility index (Phi) is 8.19. The molecular formula is C19H29FN2O4S. The van der Waals surface area contributed by atoms with Crippen molar-refractivity contribution in [2.45, 2.75) is 45.0 Å². The molecule has 27 heavy (non-hydrogen) atoms. The van der Waals surface area contributed by atoms with E-state index >= 15 is 0 Å². The van der Waals surface area contributed by atoms with Gasteiger partial charge in [-0.2, -0.15) is 0 Å². The van der Waals surface area contributed by atoms with Gasteiger partial charge in [0.05, 0.1) is 11.9 Å². The molecule has 1 aromatic carbocycles. The number of ether oxygens (including phenoxy) is 1. The SMILES string of the molecule is CC(C)OCCCNC(=O)C1CCN(S(=O)(=O)Cc2ccc(F)cc2)CC1. The zero-order chi connectivity index (χ0) is 19.9. The van der Waals surface area contributed by atoms with Gasteiger partial charge in [-0.25, -0.2) is 17.1 Å². The molecule has 8 heteroatoms. The molecule has 1 heterocycles. The highest BCUT2D eigenvalue weighted by molar-refractivity contribution is 7.88. The van der Waals surface area contributed by atoms with Gasteiger partial charge in [-0.1, -0.05) is 12.1 Å². The van der Waals surface area contributed by atoms with Crippen LogP contribution >= 0.6 is 0 Å². The summed E-state index contributed by atoms with van der Waals surface area (Å²) in [7, 11) is -3.47. The van der Waals surface area contributed by atoms with Crippen LogP contribution in [0, 0.1) is 11.7 Å². The molecule has 2 rings (SSSR count). The van der Waals surface area contributed by atoms with Crippen molar-refractivity contribution < 1.29 is 22.3 Å². The third-order valence-corrected chi connectivity index (χ3v) is 6.40. The highest BCUT2D eigenvalue weighted by atomic mass is 32.2. The average molecular weight is 401 g/mol. The van der Waals surface area contributed by atoms with Gasteiger partial charge in [0.1, 0.15) is 5.82 Å². The van der Waals surface area contributed by atoms with E-state index in [0.717, 1.165) is 6.42 Å². The van der Waals surface area contributed by atoms with Crippen LogP contribution in [0.3, 0.4) is 0 Å². The molecule has 6 nitrogen and oxygen atoms in total. The first kappa shape index (κ1) is 21.8. The van der Waals surface area contributed by atoms with E-state index in [2.05, 4.69) is 5.32 Å². The number of nitrogens with one attached hydrogen (secondary N) is 1. The minimum absolute atomic E-state index is 0.0184. The Morgan fingerprint density at radius 3 is 2.48 bits per heavy atom. The number of rotatable bonds is 9. The molecule has 1 saturated heterocycles. The third-order valence-electron chi connectivity index (χ3n) is 4.55. The molecule has 0 spiro atoms. The van der Waals surface area contributed by atoms with Gasteiger partial charge in [-0.05, 0) is 50.8 Å². The van der Waals surface area contributed by atoms with Gasteiger partial charge >= 0.3 is 0 Å². The maximum absolute atomic E-state index is 13.0. The summed E-state index contributed by atoms with van der Waals surface area (Å²) in [6.07, 6.45) is 1.96. The first-order chi connectivity index (χ1) is 12.8. The molecule has 0 radical (unpaired) electrons. The summed E-state index contributed by atoms with van der Waals surface area (Å²) < 4.78 is 44.9. The molecule has 1 aliphatic rings. The summed E-state index contributed by atoms with van der Waals surface area (Å²) >= 11 is 0. The molecule has 0 aromatic heterocycles. The molecule has 1 N–H and O–H groups in total. The summed E-state index contributed by atoms with van der Waals surface area (Å²) in [5.41, 5.74) is 0.555. The third kappa shape index (κ3) is 7.20. The van der Waals surface area contributed by atoms with Crippen LogP contribution in [0.4, 0.5) is 4.39 Å². The molecular weight excluding hydrogens is 371 g/mol. The zero-order valence-corrected chi connectivity index (χ0v) is 16.8. The summed E-state index contributed by atoms with van der Waals surface area (Å²) in [4.78, 5) is 12.2. The van der Waals surface area contributed by atoms with Gasteiger partial charge in [0, 0.05) is 32.2 Å². The Morgan fingerprint density at radius 1 is 1.26 bits per heavy atom. The van der Waals surface area contributed by atoms with Crippen LogP contribution in [0.15, 0.2) is 24.3 Å². The van der Waals surface area contributed by atoms with E-state index in [4.69, 9.17) is 4.74 Å². The van der Waals surface area contributed by atoms with E-state index in [1.807, 2.05) is 13.8 Å². The van der Waals surface area contributed by atoms with E-state index < -0.39 is 15.8 Å². The average Bonchev–Trinajstić information content (AvgIpc) is 2.63. The number of sulfonamides is 1. The number of amides is 1. The van der Waals surface area contributed by atoms with Gasteiger partial charge < -0.3 is 10.1 Å². The predicted octanol–water partition coefficient (Wildman–Crippen LogP) is 2.30. The van der Waals surface area contributed by atoms with Crippen LogP contribution in [0.1, 0.15) is 38.7 Å². The second-order valence-electron chi connectivity index (χ2n) is 7.12. The minimum Gasteiger partial charge on any atom is -0.379 e. The van der Waals surface area contributed by atoms with Crippen LogP contribution in [-0.2, 0) is 25.3 Å². The van der Waals surface area contributed by atoms with Crippen molar-refractivity contribution in [2.75, 3.05) is 26.2 Å². The van der Waals surface area contributed by atoms with Crippen molar-refractivity contribution in [3.8, 4) is 0 Å². The fraction of sp³-hybridized carbons (Fsp3) is 0.632. The van der Waals surface area contributed by atoms with Crippen molar-refractivity contribution in [1.29, 1.82) is 0 Å². The first-order valence-electron chi connectivity index (χ1n) is 9.39. The number of piperidine rings is 1. The molecule has 0 aliphatic carbocycles. The normalized spacial score (nSPS) is 16.6. The summed E-state index contributed by atoms with van der Waals surface area (Å²) in [5, 5.41) is 2.90. The maximum atomic E-state index is 13.0. The Morgan fingerprint density at radius 2 is 1.89 bits per heavy atom. The van der Waals surface area contributed by atoms with Crippen LogP contribution in [0.25, 0.3) is 0 Å². The predicted molar refractivity (Wildman–Crippen MR) is 102 cm³/mol. The summed E-state index contributed by atoms with van der Waals surface area (Å²) in [5.74, 6) is -0.720. The Hall–Kier alpha value is -1.51. The Balaban J connectivity index is 1.75. The van der Waals surface area contributed by atoms with Crippen LogP contribution in [-0.4, -0.2) is 51.0 Å². The topological polar surface area (TPSA) is 75.7 Å². The fourth-order valence-electron chi connectivity index (χ4n) is 3.03. The smallest absolute Gasteiger partial charge is 0.223 e. The van der Waals surface area contributed by atoms with Crippen LogP contribution in [0.2, 0.25) is 0 Å². The lowest BCUT2D eigenvalue weighted by Crippen LogP contribution is -2.43. The number of halogens is 1. The van der Waals surface area contributed by atoms with Crippen molar-refractivity contribution in [1.82, 2.24) is 9.62 Å². The van der Waals surface area contributed by atoms with E-state index in [9.17, 15) is 17.6 Å². The second-order valence-corrected chi connectivity index (χ2v) is 9.09. The Labute approximate surface area is 161 Å². The van der Waals surface area contributed by atoms with E-state index in [0.29, 0.717) is 44.6 Å². The highest BCUT2D eigenvalue weighted by Crippen LogP contribution is 2.22. The quantitative estimate of drug-likeness (QED) is 0.646. The number of carbonyl (C=O) groups excluding carboxylic acids is 1. The van der Waals surface area contributed by atoms with Crippen molar-refractivity contribution >= 4 is 15.9 Å². The van der Waals surface area contributed by atoms with E-state index in [1.54, 1.807) is 0 Å². The fourth-order valence-corrected chi connectivity index (χ4v) is 4.59. The first-order valence-corrected chi connectivity index (χ1v) is 11.0. The number of hydrogen-bond donors (Lipinski definition) is 1. The van der Waals surface area contributed by atoms with Crippen LogP contribution in [0.5, 0.6) is 0 Å². The molecule has 0 unspecified atom stereocenters. The summed E-state index contributed by atoms with van der Waals surface area (Å²) in [6.45, 7) is 5.77. The number of benzene rings is 1. The van der Waals surface area contributed by atoms with Gasteiger partial charge in [-0.3, -0.25) is 4.79 Å². The number of hydrogen-bond acceptors (Lipinski definition) is 4. The monoisotopic (exact) mass is 400 g/mol. The van der Waals surface area contributed by atoms with Gasteiger partial charge in [0.2, 0.25) is 15.9 Å². The second kappa shape index (κ2) is 10.1. The highest BCUT2D eigenvalue weighted by Gasteiger charge is 2.31. The van der Waals surface area contributed by atoms with Gasteiger partial charge in [-0.15, -0.1) is 0 Å². The number of carbonyl (C=O) groups is 1. The molecule has 1 aromatic rings. The summed E-state index contributed by atoms with van der Waals surface area (Å²) in [6, 6.07) is 5.48. The Bertz CT molecular complexity index is 699. The number of nitrogens with zero attached hydrogens (tertiary/aromatic N) is 1. The lowest BCUT2D eigenvalue weighted by atomic mass is 9.97. The van der Waals surface area contributed by atoms with Crippen LogP contribution < -0.4 is 5.32 Å². The lowest BCUT2D eigenvalue weighted by Gasteiger charge is -2.30.